The third-order valence-electron chi connectivity index (χ3n) is 2.09. The summed E-state index contributed by atoms with van der Waals surface area (Å²) in [5, 5.41) is 8.81. The minimum Gasteiger partial charge on any atom is -0.485 e. The van der Waals surface area contributed by atoms with Crippen molar-refractivity contribution in [3.8, 4) is 5.75 Å². The summed E-state index contributed by atoms with van der Waals surface area (Å²) in [6.45, 7) is 1.45. The predicted molar refractivity (Wildman–Crippen MR) is 69.5 cm³/mol. The monoisotopic (exact) mass is 339 g/mol. The summed E-state index contributed by atoms with van der Waals surface area (Å²) in [6.07, 6.45) is -0.491. The largest absolute Gasteiger partial charge is 0.485 e. The number of aliphatic hydroxyl groups is 1. The molecule has 17 heavy (non-hydrogen) atoms. The van der Waals surface area contributed by atoms with Gasteiger partial charge in [0.15, 0.2) is 15.5 Å². The van der Waals surface area contributed by atoms with Crippen molar-refractivity contribution in [3.05, 3.63) is 20.8 Å². The molecule has 0 aliphatic rings. The fourth-order valence-corrected chi connectivity index (χ4v) is 3.02. The maximum absolute atomic E-state index is 13.8. The smallest absolute Gasteiger partial charge is 0.185 e. The van der Waals surface area contributed by atoms with E-state index in [4.69, 9.17) is 21.4 Å². The second-order valence-corrected chi connectivity index (χ2v) is 6.11. The molecule has 0 amide bonds. The Labute approximate surface area is 114 Å². The summed E-state index contributed by atoms with van der Waals surface area (Å²) in [5.74, 6) is -0.627. The van der Waals surface area contributed by atoms with E-state index in [0.717, 1.165) is 4.70 Å². The highest BCUT2D eigenvalue weighted by Crippen LogP contribution is 2.37. The molecule has 0 saturated carbocycles. The molecule has 2 aromatic rings. The van der Waals surface area contributed by atoms with Crippen LogP contribution < -0.4 is 4.74 Å². The number of hydrogen-bond acceptors (Lipinski definition) is 4. The van der Waals surface area contributed by atoms with Crippen molar-refractivity contribution in [3.63, 3.8) is 0 Å². The first kappa shape index (κ1) is 13.0. The number of halogens is 3. The van der Waals surface area contributed by atoms with Gasteiger partial charge in [0.05, 0.1) is 11.3 Å². The van der Waals surface area contributed by atoms with Crippen LogP contribution in [0, 0.1) is 5.82 Å². The van der Waals surface area contributed by atoms with Crippen molar-refractivity contribution in [1.82, 2.24) is 4.98 Å². The third kappa shape index (κ3) is 2.54. The van der Waals surface area contributed by atoms with E-state index >= 15 is 0 Å². The van der Waals surface area contributed by atoms with Crippen LogP contribution >= 0.6 is 38.9 Å². The molecule has 1 N–H and O–H groups in total. The van der Waals surface area contributed by atoms with Gasteiger partial charge in [0.25, 0.3) is 0 Å². The van der Waals surface area contributed by atoms with Crippen LogP contribution in [0.2, 0.25) is 5.02 Å². The van der Waals surface area contributed by atoms with E-state index in [1.807, 2.05) is 0 Å². The van der Waals surface area contributed by atoms with Gasteiger partial charge < -0.3 is 9.84 Å². The summed E-state index contributed by atoms with van der Waals surface area (Å²) in [5.41, 5.74) is 0.407. The van der Waals surface area contributed by atoms with Crippen LogP contribution in [-0.4, -0.2) is 22.8 Å². The fourth-order valence-electron chi connectivity index (χ4n) is 1.29. The van der Waals surface area contributed by atoms with Crippen LogP contribution in [0.15, 0.2) is 9.98 Å². The SMILES string of the molecule is CC(CO)Oc1cc2sc(Br)nc2c(Cl)c1F. The van der Waals surface area contributed by atoms with Crippen molar-refractivity contribution in [2.45, 2.75) is 13.0 Å². The molecule has 1 atom stereocenters. The van der Waals surface area contributed by atoms with E-state index in [9.17, 15) is 4.39 Å². The highest BCUT2D eigenvalue weighted by atomic mass is 79.9. The van der Waals surface area contributed by atoms with Gasteiger partial charge in [-0.25, -0.2) is 9.37 Å². The molecular weight excluding hydrogens is 333 g/mol. The molecule has 1 aromatic heterocycles. The predicted octanol–water partition coefficient (Wildman–Crippen LogP) is 3.61. The zero-order valence-electron chi connectivity index (χ0n) is 8.71. The first-order valence-electron chi connectivity index (χ1n) is 4.74. The van der Waals surface area contributed by atoms with E-state index in [1.165, 1.54) is 17.4 Å². The maximum Gasteiger partial charge on any atom is 0.185 e. The second-order valence-electron chi connectivity index (χ2n) is 3.43. The minimum absolute atomic E-state index is 0.0280. The van der Waals surface area contributed by atoms with Gasteiger partial charge >= 0.3 is 0 Å². The Kier molecular flexibility index (Phi) is 3.87. The summed E-state index contributed by atoms with van der Waals surface area (Å²) < 4.78 is 20.4. The minimum atomic E-state index is -0.655. The number of nitrogens with zero attached hydrogens (tertiary/aromatic N) is 1. The number of thiazole rings is 1. The lowest BCUT2D eigenvalue weighted by Crippen LogP contribution is -2.16. The van der Waals surface area contributed by atoms with Gasteiger partial charge in [-0.1, -0.05) is 11.6 Å². The molecule has 3 nitrogen and oxygen atoms in total. The maximum atomic E-state index is 13.8. The van der Waals surface area contributed by atoms with Crippen LogP contribution in [-0.2, 0) is 0 Å². The van der Waals surface area contributed by atoms with Gasteiger partial charge in [0, 0.05) is 6.07 Å². The molecule has 1 aromatic carbocycles. The van der Waals surface area contributed by atoms with Gasteiger partial charge in [-0.2, -0.15) is 0 Å². The third-order valence-corrected chi connectivity index (χ3v) is 3.89. The molecule has 0 bridgehead atoms. The van der Waals surface area contributed by atoms with E-state index in [2.05, 4.69) is 20.9 Å². The summed E-state index contributed by atoms with van der Waals surface area (Å²) >= 11 is 10.4. The van der Waals surface area contributed by atoms with Crippen molar-refractivity contribution >= 4 is 49.1 Å². The standard InChI is InChI=1S/C10H8BrClFNO2S/c1-4(3-15)16-5-2-6-9(7(12)8(5)13)14-10(11)17-6/h2,4,15H,3H2,1H3. The summed E-state index contributed by atoms with van der Waals surface area (Å²) in [7, 11) is 0. The zero-order valence-corrected chi connectivity index (χ0v) is 11.9. The van der Waals surface area contributed by atoms with Crippen molar-refractivity contribution < 1.29 is 14.2 Å². The molecule has 1 unspecified atom stereocenters. The van der Waals surface area contributed by atoms with Crippen molar-refractivity contribution in [2.75, 3.05) is 6.61 Å². The van der Waals surface area contributed by atoms with Crippen LogP contribution in [0.5, 0.6) is 5.75 Å². The molecule has 2 rings (SSSR count). The highest BCUT2D eigenvalue weighted by molar-refractivity contribution is 9.11. The van der Waals surface area contributed by atoms with E-state index < -0.39 is 11.9 Å². The average molecular weight is 341 g/mol. The molecule has 0 aliphatic carbocycles. The van der Waals surface area contributed by atoms with Crippen LogP contribution in [0.1, 0.15) is 6.92 Å². The lowest BCUT2D eigenvalue weighted by molar-refractivity contribution is 0.125. The molecule has 1 heterocycles. The van der Waals surface area contributed by atoms with E-state index in [1.54, 1.807) is 6.92 Å². The molecule has 0 radical (unpaired) electrons. The molecule has 92 valence electrons. The topological polar surface area (TPSA) is 42.4 Å². The van der Waals surface area contributed by atoms with E-state index in [0.29, 0.717) is 9.43 Å². The van der Waals surface area contributed by atoms with Crippen molar-refractivity contribution in [2.24, 2.45) is 0 Å². The Hall–Kier alpha value is -0.430. The molecule has 0 spiro atoms. The number of aromatic nitrogens is 1. The zero-order chi connectivity index (χ0) is 12.6. The van der Waals surface area contributed by atoms with Gasteiger partial charge in [-0.3, -0.25) is 0 Å². The quantitative estimate of drug-likeness (QED) is 0.928. The van der Waals surface area contributed by atoms with E-state index in [-0.39, 0.29) is 17.4 Å². The first-order valence-corrected chi connectivity index (χ1v) is 6.73. The number of benzene rings is 1. The Morgan fingerprint density at radius 1 is 1.71 bits per heavy atom. The van der Waals surface area contributed by atoms with Crippen LogP contribution in [0.25, 0.3) is 10.2 Å². The Balaban J connectivity index is 2.53. The fraction of sp³-hybridized carbons (Fsp3) is 0.300. The van der Waals surface area contributed by atoms with Gasteiger partial charge in [0.1, 0.15) is 16.6 Å². The summed E-state index contributed by atoms with van der Waals surface area (Å²) in [4.78, 5) is 4.07. The number of hydrogen-bond donors (Lipinski definition) is 1. The normalized spacial score (nSPS) is 13.0. The number of rotatable bonds is 3. The number of fused-ring (bicyclic) bond motifs is 1. The highest BCUT2D eigenvalue weighted by Gasteiger charge is 2.17. The Morgan fingerprint density at radius 3 is 3.06 bits per heavy atom. The second kappa shape index (κ2) is 5.06. The number of ether oxygens (including phenoxy) is 1. The Morgan fingerprint density at radius 2 is 2.41 bits per heavy atom. The summed E-state index contributed by atoms with van der Waals surface area (Å²) in [6, 6.07) is 1.53. The lowest BCUT2D eigenvalue weighted by atomic mass is 10.3. The molecule has 0 aliphatic heterocycles. The van der Waals surface area contributed by atoms with Gasteiger partial charge in [-0.15, -0.1) is 11.3 Å². The lowest BCUT2D eigenvalue weighted by Gasteiger charge is -2.13. The van der Waals surface area contributed by atoms with Gasteiger partial charge in [0.2, 0.25) is 0 Å². The van der Waals surface area contributed by atoms with Gasteiger partial charge in [-0.05, 0) is 22.9 Å². The average Bonchev–Trinajstić information content (AvgIpc) is 2.66. The Bertz CT molecular complexity index is 563. The van der Waals surface area contributed by atoms with Crippen LogP contribution in [0.4, 0.5) is 4.39 Å². The molecular formula is C10H8BrClFNO2S. The molecule has 0 saturated heterocycles. The first-order chi connectivity index (χ1) is 8.02. The molecule has 7 heteroatoms. The number of aliphatic hydroxyl groups excluding tert-OH is 1. The van der Waals surface area contributed by atoms with Crippen molar-refractivity contribution in [1.29, 1.82) is 0 Å². The van der Waals surface area contributed by atoms with Crippen LogP contribution in [0.3, 0.4) is 0 Å². The molecule has 0 fully saturated rings.